The summed E-state index contributed by atoms with van der Waals surface area (Å²) in [6.45, 7) is 1.39. The number of aliphatic carboxylic acids is 1. The van der Waals surface area contributed by atoms with Gasteiger partial charge in [0.2, 0.25) is 5.91 Å². The Balaban J connectivity index is 2.91. The average molecular weight is 262 g/mol. The van der Waals surface area contributed by atoms with Gasteiger partial charge in [-0.05, 0) is 29.6 Å². The Morgan fingerprint density at radius 2 is 2.26 bits per heavy atom. The number of rotatable bonds is 6. The van der Waals surface area contributed by atoms with Gasteiger partial charge in [0.1, 0.15) is 0 Å². The zero-order valence-electron chi connectivity index (χ0n) is 10.4. The minimum atomic E-state index is -0.948. The van der Waals surface area contributed by atoms with Crippen LogP contribution >= 0.6 is 0 Å². The molecule has 1 rings (SSSR count). The minimum Gasteiger partial charge on any atom is -0.481 e. The van der Waals surface area contributed by atoms with Gasteiger partial charge < -0.3 is 10.4 Å². The van der Waals surface area contributed by atoms with Gasteiger partial charge in [0.05, 0.1) is 6.04 Å². The predicted molar refractivity (Wildman–Crippen MR) is 69.5 cm³/mol. The number of anilines is 1. The number of azide groups is 1. The molecule has 1 aromatic rings. The fourth-order valence-electron chi connectivity index (χ4n) is 1.64. The number of nitrogens with zero attached hydrogens (tertiary/aromatic N) is 3. The summed E-state index contributed by atoms with van der Waals surface area (Å²) in [5.41, 5.74) is 9.77. The molecule has 0 spiro atoms. The number of carbonyl (C=O) groups is 2. The normalized spacial score (nSPS) is 11.2. The van der Waals surface area contributed by atoms with Gasteiger partial charge >= 0.3 is 5.97 Å². The third kappa shape index (κ3) is 5.10. The van der Waals surface area contributed by atoms with E-state index in [1.807, 2.05) is 0 Å². The van der Waals surface area contributed by atoms with Crippen LogP contribution in [0.15, 0.2) is 29.4 Å². The van der Waals surface area contributed by atoms with E-state index in [2.05, 4.69) is 15.3 Å². The van der Waals surface area contributed by atoms with E-state index >= 15 is 0 Å². The molecule has 0 fully saturated rings. The number of carboxylic acid groups (broad SMARTS) is 1. The van der Waals surface area contributed by atoms with Gasteiger partial charge in [0.25, 0.3) is 0 Å². The molecule has 1 atom stereocenters. The molecule has 0 aliphatic rings. The van der Waals surface area contributed by atoms with E-state index in [0.29, 0.717) is 11.3 Å². The molecule has 0 aromatic heterocycles. The maximum absolute atomic E-state index is 11.0. The van der Waals surface area contributed by atoms with Crippen molar-refractivity contribution in [3.8, 4) is 0 Å². The van der Waals surface area contributed by atoms with Crippen molar-refractivity contribution in [1.82, 2.24) is 0 Å². The first-order valence-corrected chi connectivity index (χ1v) is 5.66. The number of benzene rings is 1. The Labute approximate surface area is 109 Å². The second-order valence-corrected chi connectivity index (χ2v) is 3.96. The molecule has 2 N–H and O–H groups in total. The average Bonchev–Trinajstić information content (AvgIpc) is 2.33. The van der Waals surface area contributed by atoms with Crippen molar-refractivity contribution in [3.63, 3.8) is 0 Å². The molecule has 19 heavy (non-hydrogen) atoms. The summed E-state index contributed by atoms with van der Waals surface area (Å²) in [4.78, 5) is 24.2. The molecule has 1 unspecified atom stereocenters. The second-order valence-electron chi connectivity index (χ2n) is 3.96. The fraction of sp³-hybridized carbons (Fsp3) is 0.333. The lowest BCUT2D eigenvalue weighted by Crippen LogP contribution is -2.07. The molecule has 0 saturated heterocycles. The topological polar surface area (TPSA) is 115 Å². The van der Waals surface area contributed by atoms with E-state index in [4.69, 9.17) is 10.6 Å². The van der Waals surface area contributed by atoms with Gasteiger partial charge in [-0.15, -0.1) is 0 Å². The number of amides is 1. The standard InChI is InChI=1S/C12H14N4O3/c1-8(17)14-10-4-2-3-9(7-10)11(15-16-13)5-6-12(18)19/h2-4,7,11H,5-6H2,1H3,(H,14,17)(H,18,19). The highest BCUT2D eigenvalue weighted by Gasteiger charge is 2.12. The third-order valence-electron chi connectivity index (χ3n) is 2.41. The van der Waals surface area contributed by atoms with Crippen LogP contribution in [0, 0.1) is 0 Å². The zero-order chi connectivity index (χ0) is 14.3. The molecular formula is C12H14N4O3. The third-order valence-corrected chi connectivity index (χ3v) is 2.41. The van der Waals surface area contributed by atoms with Crippen LogP contribution in [0.25, 0.3) is 10.4 Å². The van der Waals surface area contributed by atoms with Crippen LogP contribution in [-0.2, 0) is 9.59 Å². The molecule has 0 aliphatic carbocycles. The van der Waals surface area contributed by atoms with Crippen LogP contribution in [0.5, 0.6) is 0 Å². The number of hydrogen-bond acceptors (Lipinski definition) is 3. The van der Waals surface area contributed by atoms with E-state index < -0.39 is 12.0 Å². The molecule has 7 heteroatoms. The number of hydrogen-bond donors (Lipinski definition) is 2. The highest BCUT2D eigenvalue weighted by molar-refractivity contribution is 5.88. The van der Waals surface area contributed by atoms with Crippen molar-refractivity contribution in [2.75, 3.05) is 5.32 Å². The zero-order valence-corrected chi connectivity index (χ0v) is 10.4. The Hall–Kier alpha value is -2.53. The summed E-state index contributed by atoms with van der Waals surface area (Å²) in [6, 6.07) is 6.25. The minimum absolute atomic E-state index is 0.0892. The highest BCUT2D eigenvalue weighted by Crippen LogP contribution is 2.25. The molecule has 0 bridgehead atoms. The first kappa shape index (κ1) is 14.5. The van der Waals surface area contributed by atoms with Gasteiger partial charge in [-0.3, -0.25) is 9.59 Å². The Morgan fingerprint density at radius 1 is 1.53 bits per heavy atom. The summed E-state index contributed by atoms with van der Waals surface area (Å²) in [5.74, 6) is -1.15. The monoisotopic (exact) mass is 262 g/mol. The van der Waals surface area contributed by atoms with Crippen molar-refractivity contribution in [3.05, 3.63) is 40.3 Å². The predicted octanol–water partition coefficient (Wildman–Crippen LogP) is 2.86. The van der Waals surface area contributed by atoms with Crippen molar-refractivity contribution in [2.24, 2.45) is 5.11 Å². The van der Waals surface area contributed by atoms with Gasteiger partial charge in [-0.2, -0.15) is 0 Å². The summed E-state index contributed by atoms with van der Waals surface area (Å²) < 4.78 is 0. The van der Waals surface area contributed by atoms with E-state index in [-0.39, 0.29) is 18.7 Å². The van der Waals surface area contributed by atoms with Crippen LogP contribution in [0.4, 0.5) is 5.69 Å². The lowest BCUT2D eigenvalue weighted by Gasteiger charge is -2.12. The highest BCUT2D eigenvalue weighted by atomic mass is 16.4. The van der Waals surface area contributed by atoms with Gasteiger partial charge in [0, 0.05) is 23.9 Å². The maximum atomic E-state index is 11.0. The molecule has 0 aliphatic heterocycles. The summed E-state index contributed by atoms with van der Waals surface area (Å²) >= 11 is 0. The summed E-state index contributed by atoms with van der Waals surface area (Å²) in [5, 5.41) is 14.9. The van der Waals surface area contributed by atoms with Gasteiger partial charge in [-0.25, -0.2) is 0 Å². The van der Waals surface area contributed by atoms with E-state index in [9.17, 15) is 9.59 Å². The molecule has 0 heterocycles. The number of nitrogens with one attached hydrogen (secondary N) is 1. The fourth-order valence-corrected chi connectivity index (χ4v) is 1.64. The lowest BCUT2D eigenvalue weighted by atomic mass is 10.0. The second kappa shape index (κ2) is 7.03. The Morgan fingerprint density at radius 3 is 2.84 bits per heavy atom. The molecule has 0 radical (unpaired) electrons. The first-order valence-electron chi connectivity index (χ1n) is 5.66. The van der Waals surface area contributed by atoms with Gasteiger partial charge in [-0.1, -0.05) is 17.2 Å². The van der Waals surface area contributed by atoms with Gasteiger partial charge in [0.15, 0.2) is 0 Å². The molecule has 100 valence electrons. The number of carboxylic acids is 1. The molecule has 1 aromatic carbocycles. The molecule has 0 saturated carbocycles. The first-order chi connectivity index (χ1) is 9.02. The van der Waals surface area contributed by atoms with Crippen molar-refractivity contribution >= 4 is 17.6 Å². The molecular weight excluding hydrogens is 248 g/mol. The Bertz CT molecular complexity index is 523. The lowest BCUT2D eigenvalue weighted by molar-refractivity contribution is -0.137. The van der Waals surface area contributed by atoms with Crippen LogP contribution in [0.1, 0.15) is 31.4 Å². The Kier molecular flexibility index (Phi) is 5.37. The van der Waals surface area contributed by atoms with E-state index in [0.717, 1.165) is 0 Å². The maximum Gasteiger partial charge on any atom is 0.303 e. The van der Waals surface area contributed by atoms with Crippen LogP contribution in [-0.4, -0.2) is 17.0 Å². The van der Waals surface area contributed by atoms with Crippen molar-refractivity contribution in [1.29, 1.82) is 0 Å². The van der Waals surface area contributed by atoms with Crippen molar-refractivity contribution < 1.29 is 14.7 Å². The summed E-state index contributed by atoms with van der Waals surface area (Å²) in [7, 11) is 0. The quantitative estimate of drug-likeness (QED) is 0.466. The van der Waals surface area contributed by atoms with Crippen molar-refractivity contribution in [2.45, 2.75) is 25.8 Å². The molecule has 1 amide bonds. The SMILES string of the molecule is CC(=O)Nc1cccc(C(CCC(=O)O)N=[N+]=[N-])c1. The van der Waals surface area contributed by atoms with E-state index in [1.165, 1.54) is 6.92 Å². The van der Waals surface area contributed by atoms with Crippen LogP contribution in [0.2, 0.25) is 0 Å². The van der Waals surface area contributed by atoms with E-state index in [1.54, 1.807) is 24.3 Å². The van der Waals surface area contributed by atoms with Crippen LogP contribution < -0.4 is 5.32 Å². The van der Waals surface area contributed by atoms with Crippen LogP contribution in [0.3, 0.4) is 0 Å². The largest absolute Gasteiger partial charge is 0.481 e. The molecule has 7 nitrogen and oxygen atoms in total. The smallest absolute Gasteiger partial charge is 0.303 e. The number of carbonyl (C=O) groups excluding carboxylic acids is 1. The summed E-state index contributed by atoms with van der Waals surface area (Å²) in [6.07, 6.45) is 0.122.